The minimum absolute atomic E-state index is 0.116. The van der Waals surface area contributed by atoms with Gasteiger partial charge in [-0.2, -0.15) is 0 Å². The first-order valence-corrected chi connectivity index (χ1v) is 11.5. The molecule has 2 unspecified atom stereocenters. The maximum absolute atomic E-state index is 13.4. The van der Waals surface area contributed by atoms with Crippen molar-refractivity contribution in [2.45, 2.75) is 45.9 Å². The minimum Gasteiger partial charge on any atom is -0.461 e. The first-order valence-electron chi connectivity index (χ1n) is 11.5. The van der Waals surface area contributed by atoms with Gasteiger partial charge in [0.2, 0.25) is 11.8 Å². The smallest absolute Gasteiger partial charge is 0.308 e. The van der Waals surface area contributed by atoms with Gasteiger partial charge in [-0.1, -0.05) is 51.1 Å². The molecule has 0 fully saturated rings. The van der Waals surface area contributed by atoms with Gasteiger partial charge in [-0.25, -0.2) is 0 Å². The molecule has 0 saturated heterocycles. The highest BCUT2D eigenvalue weighted by Crippen LogP contribution is 2.25. The van der Waals surface area contributed by atoms with Crippen LogP contribution in [-0.4, -0.2) is 40.4 Å². The van der Waals surface area contributed by atoms with Crippen LogP contribution in [-0.2, 0) is 25.7 Å². The molecule has 2 amide bonds. The molecule has 0 bridgehead atoms. The van der Waals surface area contributed by atoms with Crippen LogP contribution in [0.15, 0.2) is 73.3 Å². The van der Waals surface area contributed by atoms with E-state index in [0.29, 0.717) is 0 Å². The Bertz CT molecular complexity index is 1140. The van der Waals surface area contributed by atoms with E-state index in [1.165, 1.54) is 7.05 Å². The summed E-state index contributed by atoms with van der Waals surface area (Å²) in [6.07, 6.45) is 6.74. The number of likely N-dealkylation sites (N-methyl/N-ethyl adjacent to an activating group) is 1. The summed E-state index contributed by atoms with van der Waals surface area (Å²) in [4.78, 5) is 42.7. The molecular weight excluding hydrogens is 444 g/mol. The average molecular weight is 477 g/mol. The number of esters is 1. The third-order valence-electron chi connectivity index (χ3n) is 5.65. The Hall–Kier alpha value is -3.94. The maximum atomic E-state index is 13.4. The van der Waals surface area contributed by atoms with Crippen molar-refractivity contribution in [2.24, 2.45) is 5.41 Å². The number of carbonyl (C=O) groups excluding carboxylic acids is 3. The number of ether oxygens (including phenoxy) is 1. The number of pyridine rings is 1. The average Bonchev–Trinajstić information content (AvgIpc) is 3.34. The first kappa shape index (κ1) is 25.7. The molecule has 1 aromatic carbocycles. The van der Waals surface area contributed by atoms with Gasteiger partial charge in [0, 0.05) is 31.8 Å². The number of hydrogen-bond donors (Lipinski definition) is 2. The van der Waals surface area contributed by atoms with Gasteiger partial charge in [0.15, 0.2) is 0 Å². The summed E-state index contributed by atoms with van der Waals surface area (Å²) in [6, 6.07) is 13.3. The van der Waals surface area contributed by atoms with Crippen molar-refractivity contribution < 1.29 is 19.1 Å². The van der Waals surface area contributed by atoms with Crippen LogP contribution >= 0.6 is 0 Å². The molecule has 2 aromatic heterocycles. The summed E-state index contributed by atoms with van der Waals surface area (Å²) in [7, 11) is 1.53. The molecule has 2 atom stereocenters. The summed E-state index contributed by atoms with van der Waals surface area (Å²) >= 11 is 0. The van der Waals surface area contributed by atoms with Gasteiger partial charge in [0.25, 0.3) is 0 Å². The zero-order valence-electron chi connectivity index (χ0n) is 20.5. The van der Waals surface area contributed by atoms with E-state index in [1.807, 2.05) is 69.3 Å². The number of amides is 2. The summed E-state index contributed by atoms with van der Waals surface area (Å²) in [6.45, 7) is 5.72. The third kappa shape index (κ3) is 7.02. The number of benzene rings is 1. The van der Waals surface area contributed by atoms with Gasteiger partial charge >= 0.3 is 5.97 Å². The summed E-state index contributed by atoms with van der Waals surface area (Å²) in [5, 5.41) is 5.45. The Morgan fingerprint density at radius 2 is 1.66 bits per heavy atom. The number of aromatic nitrogens is 2. The Morgan fingerprint density at radius 3 is 2.29 bits per heavy atom. The van der Waals surface area contributed by atoms with Crippen LogP contribution in [0.5, 0.6) is 0 Å². The molecule has 2 N–H and O–H groups in total. The van der Waals surface area contributed by atoms with Crippen molar-refractivity contribution in [1.82, 2.24) is 20.2 Å². The van der Waals surface area contributed by atoms with Gasteiger partial charge in [0.1, 0.15) is 18.7 Å². The number of hydrogen-bond acceptors (Lipinski definition) is 5. The van der Waals surface area contributed by atoms with E-state index in [1.54, 1.807) is 29.4 Å². The van der Waals surface area contributed by atoms with E-state index in [2.05, 4.69) is 15.6 Å². The predicted molar refractivity (Wildman–Crippen MR) is 133 cm³/mol. The van der Waals surface area contributed by atoms with E-state index in [9.17, 15) is 14.4 Å². The lowest BCUT2D eigenvalue weighted by atomic mass is 9.86. The molecule has 35 heavy (non-hydrogen) atoms. The SMILES string of the molecule is CNC(=O)C(NC(=O)C(CC(=O)OCc1ccccc1)n1ccc(-c2ccncc2)c1)C(C)(C)C. The molecule has 0 radical (unpaired) electrons. The lowest BCUT2D eigenvalue weighted by Crippen LogP contribution is -2.54. The number of carbonyl (C=O) groups is 3. The van der Waals surface area contributed by atoms with Crippen LogP contribution in [0.4, 0.5) is 0 Å². The summed E-state index contributed by atoms with van der Waals surface area (Å²) in [5.74, 6) is -1.26. The Labute approximate surface area is 205 Å². The fraction of sp³-hybridized carbons (Fsp3) is 0.333. The Balaban J connectivity index is 1.83. The third-order valence-corrected chi connectivity index (χ3v) is 5.65. The van der Waals surface area contributed by atoms with E-state index < -0.39 is 29.4 Å². The van der Waals surface area contributed by atoms with E-state index >= 15 is 0 Å². The molecule has 2 heterocycles. The van der Waals surface area contributed by atoms with E-state index in [-0.39, 0.29) is 18.9 Å². The predicted octanol–water partition coefficient (Wildman–Crippen LogP) is 3.50. The summed E-state index contributed by atoms with van der Waals surface area (Å²) in [5.41, 5.74) is 2.13. The Morgan fingerprint density at radius 1 is 0.971 bits per heavy atom. The molecule has 184 valence electrons. The zero-order chi connectivity index (χ0) is 25.4. The van der Waals surface area contributed by atoms with Crippen LogP contribution in [0.2, 0.25) is 0 Å². The van der Waals surface area contributed by atoms with Gasteiger partial charge < -0.3 is 19.9 Å². The highest BCUT2D eigenvalue weighted by molar-refractivity contribution is 5.91. The molecule has 0 aliphatic rings. The molecule has 0 saturated carbocycles. The molecule has 0 aliphatic carbocycles. The second-order valence-corrected chi connectivity index (χ2v) is 9.37. The van der Waals surface area contributed by atoms with E-state index in [4.69, 9.17) is 4.74 Å². The second-order valence-electron chi connectivity index (χ2n) is 9.37. The van der Waals surface area contributed by atoms with Gasteiger partial charge in [0.05, 0.1) is 6.42 Å². The van der Waals surface area contributed by atoms with Crippen LogP contribution in [0.25, 0.3) is 11.1 Å². The topological polar surface area (TPSA) is 102 Å². The van der Waals surface area contributed by atoms with E-state index in [0.717, 1.165) is 16.7 Å². The fourth-order valence-corrected chi connectivity index (χ4v) is 3.67. The highest BCUT2D eigenvalue weighted by Gasteiger charge is 2.35. The lowest BCUT2D eigenvalue weighted by Gasteiger charge is -2.31. The standard InChI is InChI=1S/C27H32N4O4/c1-27(2,3)24(26(34)28-4)30-25(33)22(16-23(32)35-18-19-8-6-5-7-9-19)31-15-12-21(17-31)20-10-13-29-14-11-20/h5-15,17,22,24H,16,18H2,1-4H3,(H,28,34)(H,30,33). The van der Waals surface area contributed by atoms with Gasteiger partial charge in [-0.3, -0.25) is 19.4 Å². The molecule has 3 aromatic rings. The fourth-order valence-electron chi connectivity index (χ4n) is 3.67. The van der Waals surface area contributed by atoms with Crippen molar-refractivity contribution in [3.05, 3.63) is 78.9 Å². The van der Waals surface area contributed by atoms with Crippen molar-refractivity contribution >= 4 is 17.8 Å². The van der Waals surface area contributed by atoms with Crippen molar-refractivity contribution in [2.75, 3.05) is 7.05 Å². The quantitative estimate of drug-likeness (QED) is 0.460. The van der Waals surface area contributed by atoms with Crippen LogP contribution in [0.1, 0.15) is 38.8 Å². The second kappa shape index (κ2) is 11.5. The van der Waals surface area contributed by atoms with Gasteiger partial charge in [-0.15, -0.1) is 0 Å². The molecule has 8 nitrogen and oxygen atoms in total. The van der Waals surface area contributed by atoms with Crippen LogP contribution in [0, 0.1) is 5.41 Å². The minimum atomic E-state index is -0.900. The van der Waals surface area contributed by atoms with Crippen molar-refractivity contribution in [3.63, 3.8) is 0 Å². The largest absolute Gasteiger partial charge is 0.461 e. The highest BCUT2D eigenvalue weighted by atomic mass is 16.5. The van der Waals surface area contributed by atoms with Crippen molar-refractivity contribution in [1.29, 1.82) is 0 Å². The zero-order valence-corrected chi connectivity index (χ0v) is 20.5. The van der Waals surface area contributed by atoms with Crippen molar-refractivity contribution in [3.8, 4) is 11.1 Å². The number of nitrogens with zero attached hydrogens (tertiary/aromatic N) is 2. The van der Waals surface area contributed by atoms with Gasteiger partial charge in [-0.05, 0) is 40.3 Å². The summed E-state index contributed by atoms with van der Waals surface area (Å²) < 4.78 is 7.12. The lowest BCUT2D eigenvalue weighted by molar-refractivity contribution is -0.148. The Kier molecular flexibility index (Phi) is 8.41. The molecule has 0 aliphatic heterocycles. The number of nitrogens with one attached hydrogen (secondary N) is 2. The van der Waals surface area contributed by atoms with Crippen LogP contribution in [0.3, 0.4) is 0 Å². The molecule has 8 heteroatoms. The molecular formula is C27H32N4O4. The molecule has 3 rings (SSSR count). The first-order chi connectivity index (χ1) is 16.7. The normalized spacial score (nSPS) is 12.9. The van der Waals surface area contributed by atoms with Crippen LogP contribution < -0.4 is 10.6 Å². The number of rotatable bonds is 9. The monoisotopic (exact) mass is 476 g/mol. The maximum Gasteiger partial charge on any atom is 0.308 e. The molecule has 0 spiro atoms.